The Bertz CT molecular complexity index is 643. The summed E-state index contributed by atoms with van der Waals surface area (Å²) < 4.78 is 4.44. The smallest absolute Gasteiger partial charge is 0.133 e. The van der Waals surface area contributed by atoms with Crippen molar-refractivity contribution in [3.05, 3.63) is 18.3 Å². The van der Waals surface area contributed by atoms with Gasteiger partial charge in [0.05, 0.1) is 18.2 Å². The molecule has 4 rings (SSSR count). The van der Waals surface area contributed by atoms with Crippen molar-refractivity contribution in [1.82, 2.24) is 19.1 Å². The van der Waals surface area contributed by atoms with Crippen LogP contribution in [0, 0.1) is 0 Å². The fourth-order valence-electron chi connectivity index (χ4n) is 2.90. The number of hydrogen-bond donors (Lipinski definition) is 1. The molecule has 0 saturated heterocycles. The highest BCUT2D eigenvalue weighted by Gasteiger charge is 2.37. The van der Waals surface area contributed by atoms with Gasteiger partial charge in [0.15, 0.2) is 0 Å². The summed E-state index contributed by atoms with van der Waals surface area (Å²) in [6.07, 6.45) is 8.74. The number of imidazole rings is 2. The average molecular weight is 271 g/mol. The van der Waals surface area contributed by atoms with E-state index in [2.05, 4.69) is 28.0 Å². The van der Waals surface area contributed by atoms with Crippen molar-refractivity contribution in [3.63, 3.8) is 0 Å². The number of rotatable bonds is 4. The van der Waals surface area contributed by atoms with E-state index in [1.165, 1.54) is 31.5 Å². The van der Waals surface area contributed by atoms with Crippen LogP contribution in [0.15, 0.2) is 12.5 Å². The minimum absolute atomic E-state index is 0.363. The zero-order valence-electron chi connectivity index (χ0n) is 12.1. The molecule has 2 N–H and O–H groups in total. The molecule has 5 heteroatoms. The van der Waals surface area contributed by atoms with E-state index in [1.54, 1.807) is 0 Å². The molecule has 2 aliphatic carbocycles. The molecule has 2 aliphatic rings. The molecule has 0 amide bonds. The van der Waals surface area contributed by atoms with Crippen LogP contribution >= 0.6 is 0 Å². The monoisotopic (exact) mass is 271 g/mol. The van der Waals surface area contributed by atoms with Gasteiger partial charge in [-0.1, -0.05) is 0 Å². The van der Waals surface area contributed by atoms with Gasteiger partial charge in [-0.25, -0.2) is 9.97 Å². The topological polar surface area (TPSA) is 61.7 Å². The minimum Gasteiger partial charge on any atom is -0.383 e. The Balaban J connectivity index is 1.85. The number of anilines is 1. The Hall–Kier alpha value is -1.78. The van der Waals surface area contributed by atoms with Gasteiger partial charge in [-0.3, -0.25) is 0 Å². The number of nitrogens with zero attached hydrogens (tertiary/aromatic N) is 4. The molecule has 0 spiro atoms. The molecular formula is C15H21N5. The molecule has 5 nitrogen and oxygen atoms in total. The van der Waals surface area contributed by atoms with Crippen LogP contribution in [0.1, 0.15) is 63.4 Å². The molecule has 0 atom stereocenters. The molecule has 0 aliphatic heterocycles. The Morgan fingerprint density at radius 3 is 2.60 bits per heavy atom. The van der Waals surface area contributed by atoms with Crippen molar-refractivity contribution in [2.45, 2.75) is 57.5 Å². The first kappa shape index (κ1) is 12.0. The third kappa shape index (κ3) is 1.76. The highest BCUT2D eigenvalue weighted by molar-refractivity contribution is 5.68. The molecule has 0 bridgehead atoms. The summed E-state index contributed by atoms with van der Waals surface area (Å²) in [5, 5.41) is 0. The van der Waals surface area contributed by atoms with Crippen LogP contribution in [0.3, 0.4) is 0 Å². The van der Waals surface area contributed by atoms with Crippen molar-refractivity contribution in [3.8, 4) is 11.4 Å². The van der Waals surface area contributed by atoms with Gasteiger partial charge in [-0.15, -0.1) is 0 Å². The van der Waals surface area contributed by atoms with E-state index in [0.717, 1.165) is 17.2 Å². The van der Waals surface area contributed by atoms with Gasteiger partial charge in [0.2, 0.25) is 0 Å². The molecule has 2 aromatic rings. The summed E-state index contributed by atoms with van der Waals surface area (Å²) >= 11 is 0. The Morgan fingerprint density at radius 2 is 2.00 bits per heavy atom. The molecule has 106 valence electrons. The van der Waals surface area contributed by atoms with Crippen LogP contribution in [0.25, 0.3) is 11.4 Å². The van der Waals surface area contributed by atoms with Gasteiger partial charge in [0.1, 0.15) is 17.3 Å². The summed E-state index contributed by atoms with van der Waals surface area (Å²) in [5.74, 6) is 2.66. The lowest BCUT2D eigenvalue weighted by molar-refractivity contribution is 0.604. The second-order valence-electron chi connectivity index (χ2n) is 6.36. The van der Waals surface area contributed by atoms with Crippen LogP contribution in [-0.4, -0.2) is 19.1 Å². The van der Waals surface area contributed by atoms with Crippen molar-refractivity contribution < 1.29 is 0 Å². The lowest BCUT2D eigenvalue weighted by Gasteiger charge is -2.11. The average Bonchev–Trinajstić information content (AvgIpc) is 3.33. The maximum atomic E-state index is 6.43. The van der Waals surface area contributed by atoms with E-state index in [9.17, 15) is 0 Å². The van der Waals surface area contributed by atoms with Crippen molar-refractivity contribution in [1.29, 1.82) is 0 Å². The van der Waals surface area contributed by atoms with Crippen LogP contribution in [0.4, 0.5) is 5.82 Å². The lowest BCUT2D eigenvalue weighted by Crippen LogP contribution is -2.05. The highest BCUT2D eigenvalue weighted by atomic mass is 15.2. The number of nitrogens with two attached hydrogens (primary N) is 1. The van der Waals surface area contributed by atoms with E-state index in [4.69, 9.17) is 10.7 Å². The van der Waals surface area contributed by atoms with Gasteiger partial charge in [-0.2, -0.15) is 0 Å². The molecule has 0 unspecified atom stereocenters. The first-order valence-corrected chi connectivity index (χ1v) is 7.56. The summed E-state index contributed by atoms with van der Waals surface area (Å²) in [7, 11) is 0. The summed E-state index contributed by atoms with van der Waals surface area (Å²) in [6, 6.07) is 0.949. The SMILES string of the molecule is CC(C)n1cncc1-c1nc(C2CC2)n(C2CC2)c1N. The molecule has 2 heterocycles. The van der Waals surface area contributed by atoms with Gasteiger partial charge in [0, 0.05) is 18.0 Å². The second-order valence-corrected chi connectivity index (χ2v) is 6.36. The lowest BCUT2D eigenvalue weighted by atomic mass is 10.3. The molecule has 2 saturated carbocycles. The first-order valence-electron chi connectivity index (χ1n) is 7.56. The number of aromatic nitrogens is 4. The standard InChI is InChI=1S/C15H21N5/c1-9(2)19-8-17-7-12(19)13-14(16)20(11-5-6-11)15(18-13)10-3-4-10/h7-11H,3-6,16H2,1-2H3. The largest absolute Gasteiger partial charge is 0.383 e. The van der Waals surface area contributed by atoms with Gasteiger partial charge >= 0.3 is 0 Å². The third-order valence-electron chi connectivity index (χ3n) is 4.29. The second kappa shape index (κ2) is 4.11. The predicted molar refractivity (Wildman–Crippen MR) is 78.5 cm³/mol. The Kier molecular flexibility index (Phi) is 2.46. The molecule has 20 heavy (non-hydrogen) atoms. The molecule has 2 aromatic heterocycles. The van der Waals surface area contributed by atoms with Crippen LogP contribution in [0.2, 0.25) is 0 Å². The molecule has 0 radical (unpaired) electrons. The van der Waals surface area contributed by atoms with Gasteiger partial charge < -0.3 is 14.9 Å². The van der Waals surface area contributed by atoms with Crippen molar-refractivity contribution in [2.75, 3.05) is 5.73 Å². The predicted octanol–water partition coefficient (Wildman–Crippen LogP) is 3.12. The molecular weight excluding hydrogens is 250 g/mol. The first-order chi connectivity index (χ1) is 9.66. The quantitative estimate of drug-likeness (QED) is 0.929. The van der Waals surface area contributed by atoms with Gasteiger partial charge in [0.25, 0.3) is 0 Å². The minimum atomic E-state index is 0.363. The maximum Gasteiger partial charge on any atom is 0.133 e. The maximum absolute atomic E-state index is 6.43. The third-order valence-corrected chi connectivity index (χ3v) is 4.29. The Labute approximate surface area is 118 Å². The normalized spacial score (nSPS) is 18.9. The van der Waals surface area contributed by atoms with E-state index in [-0.39, 0.29) is 0 Å². The van der Waals surface area contributed by atoms with Crippen LogP contribution in [-0.2, 0) is 0 Å². The zero-order valence-corrected chi connectivity index (χ0v) is 12.1. The van der Waals surface area contributed by atoms with Crippen molar-refractivity contribution >= 4 is 5.82 Å². The van der Waals surface area contributed by atoms with E-state index >= 15 is 0 Å². The van der Waals surface area contributed by atoms with E-state index in [0.29, 0.717) is 18.0 Å². The highest BCUT2D eigenvalue weighted by Crippen LogP contribution is 2.48. The fraction of sp³-hybridized carbons (Fsp3) is 0.600. The van der Waals surface area contributed by atoms with Crippen molar-refractivity contribution in [2.24, 2.45) is 0 Å². The van der Waals surface area contributed by atoms with Gasteiger partial charge in [-0.05, 0) is 39.5 Å². The summed E-state index contributed by atoms with van der Waals surface area (Å²) in [6.45, 7) is 4.31. The van der Waals surface area contributed by atoms with E-state index < -0.39 is 0 Å². The van der Waals surface area contributed by atoms with Crippen LogP contribution in [0.5, 0.6) is 0 Å². The van der Waals surface area contributed by atoms with Crippen LogP contribution < -0.4 is 5.73 Å². The zero-order chi connectivity index (χ0) is 13.9. The number of nitrogen functional groups attached to an aromatic ring is 1. The molecule has 2 fully saturated rings. The Morgan fingerprint density at radius 1 is 1.25 bits per heavy atom. The molecule has 0 aromatic carbocycles. The number of hydrogen-bond acceptors (Lipinski definition) is 3. The summed E-state index contributed by atoms with van der Waals surface area (Å²) in [5.41, 5.74) is 8.39. The fourth-order valence-corrected chi connectivity index (χ4v) is 2.90. The van der Waals surface area contributed by atoms with E-state index in [1.807, 2.05) is 12.5 Å². The summed E-state index contributed by atoms with van der Waals surface area (Å²) in [4.78, 5) is 9.17.